The lowest BCUT2D eigenvalue weighted by Crippen LogP contribution is -2.01. The first-order valence-corrected chi connectivity index (χ1v) is 15.0. The molecule has 0 aliphatic rings. The maximum Gasteiger partial charge on any atom is 0.164 e. The maximum absolute atomic E-state index is 6.21. The summed E-state index contributed by atoms with van der Waals surface area (Å²) < 4.78 is 6.21. The average Bonchev–Trinajstić information content (AvgIpc) is 3.50. The van der Waals surface area contributed by atoms with Gasteiger partial charge in [-0.1, -0.05) is 127 Å². The number of furan rings is 1. The summed E-state index contributed by atoms with van der Waals surface area (Å²) in [5, 5.41) is 6.73. The Morgan fingerprint density at radius 1 is 0.356 bits per heavy atom. The zero-order valence-electron chi connectivity index (χ0n) is 24.2. The zero-order valence-corrected chi connectivity index (χ0v) is 24.2. The number of nitrogens with zero attached hydrogens (tertiary/aromatic N) is 3. The fourth-order valence-corrected chi connectivity index (χ4v) is 6.40. The van der Waals surface area contributed by atoms with Crippen LogP contribution in [0.5, 0.6) is 0 Å². The fraction of sp³-hybridized carbons (Fsp3) is 0. The smallest absolute Gasteiger partial charge is 0.164 e. The van der Waals surface area contributed by atoms with Crippen LogP contribution in [0.25, 0.3) is 88.8 Å². The molecule has 0 aliphatic heterocycles. The van der Waals surface area contributed by atoms with E-state index in [-0.39, 0.29) is 0 Å². The van der Waals surface area contributed by atoms with Crippen molar-refractivity contribution in [2.45, 2.75) is 0 Å². The largest absolute Gasteiger partial charge is 0.456 e. The van der Waals surface area contributed by atoms with E-state index in [0.717, 1.165) is 49.4 Å². The van der Waals surface area contributed by atoms with Crippen molar-refractivity contribution in [3.63, 3.8) is 0 Å². The number of hydrogen-bond acceptors (Lipinski definition) is 4. The van der Waals surface area contributed by atoms with Crippen molar-refractivity contribution in [2.24, 2.45) is 0 Å². The van der Waals surface area contributed by atoms with E-state index in [1.165, 1.54) is 21.9 Å². The molecule has 0 aliphatic carbocycles. The molecule has 0 fully saturated rings. The van der Waals surface area contributed by atoms with Gasteiger partial charge in [0.25, 0.3) is 0 Å². The fourth-order valence-electron chi connectivity index (χ4n) is 6.40. The van der Waals surface area contributed by atoms with Gasteiger partial charge >= 0.3 is 0 Å². The van der Waals surface area contributed by atoms with Crippen molar-refractivity contribution >= 4 is 43.5 Å². The van der Waals surface area contributed by atoms with Crippen LogP contribution in [0.4, 0.5) is 0 Å². The maximum atomic E-state index is 6.21. The highest BCUT2D eigenvalue weighted by Gasteiger charge is 2.19. The predicted octanol–water partition coefficient (Wildman–Crippen LogP) is 10.7. The molecule has 2 aromatic heterocycles. The Labute approximate surface area is 259 Å². The first kappa shape index (κ1) is 25.4. The quantitative estimate of drug-likeness (QED) is 0.209. The first-order valence-electron chi connectivity index (χ1n) is 15.0. The van der Waals surface area contributed by atoms with Crippen molar-refractivity contribution < 1.29 is 4.42 Å². The Hall–Kier alpha value is -6.13. The van der Waals surface area contributed by atoms with Gasteiger partial charge in [0.1, 0.15) is 11.2 Å². The molecule has 4 heteroatoms. The number of fused-ring (bicyclic) bond motifs is 5. The molecule has 9 aromatic rings. The molecule has 2 heterocycles. The molecule has 45 heavy (non-hydrogen) atoms. The third-order valence-corrected chi connectivity index (χ3v) is 8.54. The normalized spacial score (nSPS) is 11.6. The van der Waals surface area contributed by atoms with Gasteiger partial charge in [-0.3, -0.25) is 0 Å². The van der Waals surface area contributed by atoms with E-state index >= 15 is 0 Å². The van der Waals surface area contributed by atoms with Crippen LogP contribution < -0.4 is 0 Å². The van der Waals surface area contributed by atoms with Gasteiger partial charge in [-0.25, -0.2) is 15.0 Å². The summed E-state index contributed by atoms with van der Waals surface area (Å²) in [6.45, 7) is 0. The van der Waals surface area contributed by atoms with E-state index in [4.69, 9.17) is 19.4 Å². The molecular weight excluding hydrogens is 550 g/mol. The minimum atomic E-state index is 0.610. The monoisotopic (exact) mass is 575 g/mol. The van der Waals surface area contributed by atoms with Crippen LogP contribution in [0.2, 0.25) is 0 Å². The van der Waals surface area contributed by atoms with Gasteiger partial charge in [0.05, 0.1) is 0 Å². The molecule has 0 amide bonds. The van der Waals surface area contributed by atoms with Crippen LogP contribution in [0.1, 0.15) is 0 Å². The van der Waals surface area contributed by atoms with E-state index in [1.54, 1.807) is 0 Å². The molecule has 9 rings (SSSR count). The molecular formula is C41H25N3O. The van der Waals surface area contributed by atoms with Crippen LogP contribution in [0.15, 0.2) is 156 Å². The van der Waals surface area contributed by atoms with Crippen molar-refractivity contribution in [1.29, 1.82) is 0 Å². The van der Waals surface area contributed by atoms with E-state index < -0.39 is 0 Å². The molecule has 0 spiro atoms. The minimum Gasteiger partial charge on any atom is -0.456 e. The van der Waals surface area contributed by atoms with E-state index in [9.17, 15) is 0 Å². The number of benzene rings is 7. The lowest BCUT2D eigenvalue weighted by atomic mass is 9.93. The van der Waals surface area contributed by atoms with Gasteiger partial charge in [-0.05, 0) is 56.9 Å². The second-order valence-corrected chi connectivity index (χ2v) is 11.2. The predicted molar refractivity (Wildman–Crippen MR) is 184 cm³/mol. The van der Waals surface area contributed by atoms with Crippen molar-refractivity contribution in [3.8, 4) is 45.3 Å². The Morgan fingerprint density at radius 2 is 0.978 bits per heavy atom. The summed E-state index contributed by atoms with van der Waals surface area (Å²) in [6.07, 6.45) is 0. The molecule has 210 valence electrons. The highest BCUT2D eigenvalue weighted by atomic mass is 16.3. The third kappa shape index (κ3) is 4.27. The number of rotatable bonds is 4. The molecule has 7 aromatic carbocycles. The molecule has 0 bridgehead atoms. The molecule has 0 radical (unpaired) electrons. The van der Waals surface area contributed by atoms with Gasteiger partial charge < -0.3 is 4.42 Å². The summed E-state index contributed by atoms with van der Waals surface area (Å²) in [6, 6.07) is 52.3. The Kier molecular flexibility index (Phi) is 5.78. The average molecular weight is 576 g/mol. The van der Waals surface area contributed by atoms with Crippen LogP contribution in [0, 0.1) is 0 Å². The Morgan fingerprint density at radius 3 is 1.82 bits per heavy atom. The van der Waals surface area contributed by atoms with Crippen molar-refractivity contribution in [3.05, 3.63) is 152 Å². The van der Waals surface area contributed by atoms with Gasteiger partial charge in [-0.15, -0.1) is 0 Å². The summed E-state index contributed by atoms with van der Waals surface area (Å²) in [7, 11) is 0. The topological polar surface area (TPSA) is 51.8 Å². The third-order valence-electron chi connectivity index (χ3n) is 8.54. The molecule has 0 unspecified atom stereocenters. The number of hydrogen-bond donors (Lipinski definition) is 0. The highest BCUT2D eigenvalue weighted by Crippen LogP contribution is 2.39. The van der Waals surface area contributed by atoms with Gasteiger partial charge in [-0.2, -0.15) is 0 Å². The van der Waals surface area contributed by atoms with E-state index in [2.05, 4.69) is 91.0 Å². The van der Waals surface area contributed by atoms with E-state index in [1.807, 2.05) is 60.7 Å². The van der Waals surface area contributed by atoms with Gasteiger partial charge in [0.2, 0.25) is 0 Å². The molecule has 4 nitrogen and oxygen atoms in total. The minimum absolute atomic E-state index is 0.610. The number of aromatic nitrogens is 3. The second kappa shape index (κ2) is 10.2. The molecule has 0 saturated heterocycles. The Balaban J connectivity index is 1.29. The van der Waals surface area contributed by atoms with Gasteiger partial charge in [0, 0.05) is 27.5 Å². The molecule has 0 N–H and O–H groups in total. The highest BCUT2D eigenvalue weighted by molar-refractivity contribution is 6.12. The van der Waals surface area contributed by atoms with E-state index in [0.29, 0.717) is 17.5 Å². The lowest BCUT2D eigenvalue weighted by molar-refractivity contribution is 0.669. The van der Waals surface area contributed by atoms with Crippen LogP contribution in [0.3, 0.4) is 0 Å². The summed E-state index contributed by atoms with van der Waals surface area (Å²) in [5.41, 5.74) is 6.80. The van der Waals surface area contributed by atoms with Crippen molar-refractivity contribution in [2.75, 3.05) is 0 Å². The SMILES string of the molecule is c1ccc(-c2nc(-c3ccc(-c4ccc5ccccc5c4)c4ccccc34)nc(-c3cccc4oc5ccccc5c34)n2)cc1. The zero-order chi connectivity index (χ0) is 29.7. The lowest BCUT2D eigenvalue weighted by Gasteiger charge is -2.14. The summed E-state index contributed by atoms with van der Waals surface area (Å²) >= 11 is 0. The van der Waals surface area contributed by atoms with Crippen LogP contribution >= 0.6 is 0 Å². The number of para-hydroxylation sites is 1. The molecule has 0 saturated carbocycles. The van der Waals surface area contributed by atoms with Crippen LogP contribution in [-0.2, 0) is 0 Å². The second-order valence-electron chi connectivity index (χ2n) is 11.2. The Bertz CT molecular complexity index is 2550. The first-order chi connectivity index (χ1) is 22.3. The van der Waals surface area contributed by atoms with Crippen LogP contribution in [-0.4, -0.2) is 15.0 Å². The standard InChI is InChI=1S/C41H25N3O/c1-2-12-27(13-3-1)39-42-40(44-41(43-39)35-18-10-20-37-38(35)34-17-8-9-19-36(34)45-37)33-24-23-30(31-15-6-7-16-32(31)33)29-22-21-26-11-4-5-14-28(26)25-29/h1-25H. The molecule has 0 atom stereocenters. The summed E-state index contributed by atoms with van der Waals surface area (Å²) in [5.74, 6) is 1.87. The van der Waals surface area contributed by atoms with Gasteiger partial charge in [0.15, 0.2) is 17.5 Å². The van der Waals surface area contributed by atoms with Crippen molar-refractivity contribution in [1.82, 2.24) is 15.0 Å². The summed E-state index contributed by atoms with van der Waals surface area (Å²) in [4.78, 5) is 15.3.